The number of alkyl halides is 3. The number of rotatable bonds is 11. The first kappa shape index (κ1) is 30.4. The highest BCUT2D eigenvalue weighted by molar-refractivity contribution is 5.94. The molecule has 0 aliphatic carbocycles. The molecule has 0 aliphatic rings. The largest absolute Gasteiger partial charge is 0.435 e. The Labute approximate surface area is 235 Å². The highest BCUT2D eigenvalue weighted by Crippen LogP contribution is 2.34. The number of nitrogens with two attached hydrogens (primary N) is 1. The molecule has 1 amide bonds. The van der Waals surface area contributed by atoms with E-state index in [-0.39, 0.29) is 41.8 Å². The fourth-order valence-corrected chi connectivity index (χ4v) is 4.71. The molecule has 0 radical (unpaired) electrons. The van der Waals surface area contributed by atoms with Gasteiger partial charge in [0.1, 0.15) is 17.5 Å². The number of Topliss-reactive ketones (excluding diaryl/α,β-unsaturated/α-hetero) is 1. The SMILES string of the molecule is COCc1cn(CC(=O)C[C@@H](Cc2cc(F)cc(F)c2)c2ncccc2-c2ccc(F)c(C(N)=O)c2)nc1C(F)(F)F. The number of halogens is 6. The van der Waals surface area contributed by atoms with Gasteiger partial charge in [-0.2, -0.15) is 18.3 Å². The third-order valence-corrected chi connectivity index (χ3v) is 6.39. The summed E-state index contributed by atoms with van der Waals surface area (Å²) in [5.74, 6) is -4.93. The van der Waals surface area contributed by atoms with E-state index in [9.17, 15) is 35.9 Å². The molecule has 0 saturated heterocycles. The lowest BCUT2D eigenvalue weighted by atomic mass is 9.86. The maximum absolute atomic E-state index is 14.2. The summed E-state index contributed by atoms with van der Waals surface area (Å²) in [7, 11) is 1.22. The van der Waals surface area contributed by atoms with Gasteiger partial charge < -0.3 is 10.5 Å². The summed E-state index contributed by atoms with van der Waals surface area (Å²) in [4.78, 5) is 29.4. The van der Waals surface area contributed by atoms with Gasteiger partial charge in [0.25, 0.3) is 5.91 Å². The van der Waals surface area contributed by atoms with Crippen molar-refractivity contribution >= 4 is 11.7 Å². The second-order valence-corrected chi connectivity index (χ2v) is 9.55. The Morgan fingerprint density at radius 2 is 1.76 bits per heavy atom. The van der Waals surface area contributed by atoms with Crippen LogP contribution in [0, 0.1) is 17.5 Å². The van der Waals surface area contributed by atoms with E-state index in [0.29, 0.717) is 17.2 Å². The number of hydrogen-bond acceptors (Lipinski definition) is 5. The Morgan fingerprint density at radius 3 is 2.40 bits per heavy atom. The summed E-state index contributed by atoms with van der Waals surface area (Å²) in [6.45, 7) is -0.912. The highest BCUT2D eigenvalue weighted by atomic mass is 19.4. The topological polar surface area (TPSA) is 100 Å². The van der Waals surface area contributed by atoms with Crippen LogP contribution in [0.2, 0.25) is 0 Å². The number of ether oxygens (including phenoxy) is 1. The van der Waals surface area contributed by atoms with Crippen molar-refractivity contribution in [1.29, 1.82) is 0 Å². The highest BCUT2D eigenvalue weighted by Gasteiger charge is 2.37. The van der Waals surface area contributed by atoms with Gasteiger partial charge in [0, 0.05) is 49.0 Å². The van der Waals surface area contributed by atoms with E-state index in [4.69, 9.17) is 10.5 Å². The molecule has 2 heterocycles. The molecule has 2 N–H and O–H groups in total. The van der Waals surface area contributed by atoms with Crippen molar-refractivity contribution in [2.45, 2.75) is 38.1 Å². The van der Waals surface area contributed by atoms with Gasteiger partial charge in [-0.05, 0) is 47.9 Å². The van der Waals surface area contributed by atoms with E-state index >= 15 is 0 Å². The maximum atomic E-state index is 14.2. The summed E-state index contributed by atoms with van der Waals surface area (Å²) in [6, 6.07) is 9.67. The van der Waals surface area contributed by atoms with Crippen LogP contribution in [0.4, 0.5) is 26.3 Å². The quantitative estimate of drug-likeness (QED) is 0.229. The number of hydrogen-bond donors (Lipinski definition) is 1. The number of primary amides is 1. The first-order chi connectivity index (χ1) is 19.8. The summed E-state index contributed by atoms with van der Waals surface area (Å²) < 4.78 is 88.2. The van der Waals surface area contributed by atoms with E-state index in [2.05, 4.69) is 10.1 Å². The van der Waals surface area contributed by atoms with E-state index in [1.165, 1.54) is 25.4 Å². The summed E-state index contributed by atoms with van der Waals surface area (Å²) in [5, 5.41) is 3.52. The van der Waals surface area contributed by atoms with E-state index < -0.39 is 53.5 Å². The van der Waals surface area contributed by atoms with Crippen LogP contribution in [0.15, 0.2) is 60.9 Å². The Bertz CT molecular complexity index is 1600. The first-order valence-corrected chi connectivity index (χ1v) is 12.5. The van der Waals surface area contributed by atoms with Crippen molar-refractivity contribution in [2.24, 2.45) is 5.73 Å². The van der Waals surface area contributed by atoms with Crippen LogP contribution in [0.25, 0.3) is 11.1 Å². The second-order valence-electron chi connectivity index (χ2n) is 9.55. The van der Waals surface area contributed by atoms with Crippen molar-refractivity contribution in [3.05, 3.63) is 106 Å². The van der Waals surface area contributed by atoms with E-state index in [0.717, 1.165) is 29.1 Å². The van der Waals surface area contributed by atoms with Gasteiger partial charge in [0.2, 0.25) is 0 Å². The van der Waals surface area contributed by atoms with Gasteiger partial charge in [-0.1, -0.05) is 12.1 Å². The minimum absolute atomic E-state index is 0.0872. The fourth-order valence-electron chi connectivity index (χ4n) is 4.71. The molecule has 4 aromatic rings. The normalized spacial score (nSPS) is 12.4. The molecular formula is C29H24F6N4O3. The fraction of sp³-hybridized carbons (Fsp3) is 0.241. The lowest BCUT2D eigenvalue weighted by Crippen LogP contribution is -2.18. The molecule has 0 aliphatic heterocycles. The summed E-state index contributed by atoms with van der Waals surface area (Å²) in [6.07, 6.45) is -2.69. The average molecular weight is 591 g/mol. The Morgan fingerprint density at radius 1 is 1.05 bits per heavy atom. The van der Waals surface area contributed by atoms with Gasteiger partial charge in [-0.15, -0.1) is 0 Å². The predicted octanol–water partition coefficient (Wildman–Crippen LogP) is 5.61. The van der Waals surface area contributed by atoms with Gasteiger partial charge in [-0.25, -0.2) is 13.2 Å². The molecule has 7 nitrogen and oxygen atoms in total. The zero-order valence-corrected chi connectivity index (χ0v) is 22.1. The third kappa shape index (κ3) is 7.21. The van der Waals surface area contributed by atoms with Crippen molar-refractivity contribution in [3.63, 3.8) is 0 Å². The van der Waals surface area contributed by atoms with Crippen molar-refractivity contribution in [2.75, 3.05) is 7.11 Å². The molecule has 0 bridgehead atoms. The van der Waals surface area contributed by atoms with Crippen LogP contribution < -0.4 is 5.73 Å². The minimum atomic E-state index is -4.77. The number of benzene rings is 2. The predicted molar refractivity (Wildman–Crippen MR) is 139 cm³/mol. The molecule has 0 saturated carbocycles. The van der Waals surface area contributed by atoms with Crippen LogP contribution in [0.1, 0.15) is 45.2 Å². The summed E-state index contributed by atoms with van der Waals surface area (Å²) in [5.41, 5.74) is 4.66. The molecule has 4 rings (SSSR count). The standard InChI is InChI=1S/C29H24F6N4O3/c1-42-15-19-13-39(38-27(19)29(33,34)35)14-22(40)10-18(7-16-8-20(30)12-21(31)9-16)26-23(3-2-6-37-26)17-4-5-25(32)24(11-17)28(36)41/h2-6,8-9,11-13,18H,7,10,14-15H2,1H3,(H2,36,41)/t18-/m1/s1. The van der Waals surface area contributed by atoms with E-state index in [1.807, 2.05) is 0 Å². The third-order valence-electron chi connectivity index (χ3n) is 6.39. The van der Waals surface area contributed by atoms with Crippen LogP contribution in [0.3, 0.4) is 0 Å². The molecule has 220 valence electrons. The number of ketones is 1. The molecule has 42 heavy (non-hydrogen) atoms. The van der Waals surface area contributed by atoms with Crippen LogP contribution in [0.5, 0.6) is 0 Å². The van der Waals surface area contributed by atoms with Gasteiger partial charge in [-0.3, -0.25) is 19.3 Å². The van der Waals surface area contributed by atoms with Crippen LogP contribution in [-0.2, 0) is 35.3 Å². The number of carbonyl (C=O) groups excluding carboxylic acids is 2. The molecule has 0 fully saturated rings. The molecule has 13 heteroatoms. The lowest BCUT2D eigenvalue weighted by molar-refractivity contribution is -0.142. The first-order valence-electron chi connectivity index (χ1n) is 12.5. The van der Waals surface area contributed by atoms with Crippen LogP contribution >= 0.6 is 0 Å². The Hall–Kier alpha value is -4.52. The van der Waals surface area contributed by atoms with Crippen molar-refractivity contribution < 1.29 is 40.7 Å². The van der Waals surface area contributed by atoms with Crippen molar-refractivity contribution in [3.8, 4) is 11.1 Å². The smallest absolute Gasteiger partial charge is 0.380 e. The number of nitrogens with zero attached hydrogens (tertiary/aromatic N) is 3. The Kier molecular flexibility index (Phi) is 9.10. The monoisotopic (exact) mass is 590 g/mol. The number of methoxy groups -OCH3 is 1. The number of amides is 1. The van der Waals surface area contributed by atoms with Crippen LogP contribution in [-0.4, -0.2) is 33.6 Å². The minimum Gasteiger partial charge on any atom is -0.380 e. The zero-order valence-electron chi connectivity index (χ0n) is 22.1. The molecule has 0 unspecified atom stereocenters. The summed E-state index contributed by atoms with van der Waals surface area (Å²) >= 11 is 0. The number of pyridine rings is 1. The molecule has 2 aromatic heterocycles. The van der Waals surface area contributed by atoms with Gasteiger partial charge in [0.15, 0.2) is 11.5 Å². The van der Waals surface area contributed by atoms with Gasteiger partial charge in [0.05, 0.1) is 24.4 Å². The molecule has 2 aromatic carbocycles. The number of aromatic nitrogens is 3. The maximum Gasteiger partial charge on any atom is 0.435 e. The molecule has 0 spiro atoms. The number of carbonyl (C=O) groups is 2. The lowest BCUT2D eigenvalue weighted by Gasteiger charge is -2.20. The van der Waals surface area contributed by atoms with E-state index in [1.54, 1.807) is 12.1 Å². The van der Waals surface area contributed by atoms with Crippen molar-refractivity contribution in [1.82, 2.24) is 14.8 Å². The molecular weight excluding hydrogens is 566 g/mol. The second kappa shape index (κ2) is 12.6. The molecule has 1 atom stereocenters. The van der Waals surface area contributed by atoms with Gasteiger partial charge >= 0.3 is 6.18 Å². The average Bonchev–Trinajstić information content (AvgIpc) is 3.31. The Balaban J connectivity index is 1.72. The zero-order chi connectivity index (χ0) is 30.6.